The number of thiophene rings is 2. The second-order valence-corrected chi connectivity index (χ2v) is 9.31. The number of sulfonamides is 1. The van der Waals surface area contributed by atoms with Crippen LogP contribution in [-0.2, 0) is 10.0 Å². The highest BCUT2D eigenvalue weighted by atomic mass is 32.2. The topological polar surface area (TPSA) is 57.7 Å². The van der Waals surface area contributed by atoms with E-state index in [1.807, 2.05) is 23.8 Å². The fraction of sp³-hybridized carbons (Fsp3) is 0.357. The first-order valence-corrected chi connectivity index (χ1v) is 10.1. The van der Waals surface area contributed by atoms with Gasteiger partial charge in [0.25, 0.3) is 15.9 Å². The molecule has 0 aromatic carbocycles. The molecule has 0 saturated carbocycles. The average molecular weight is 356 g/mol. The lowest BCUT2D eigenvalue weighted by Gasteiger charge is -2.33. The van der Waals surface area contributed by atoms with Crippen molar-refractivity contribution in [2.75, 3.05) is 26.2 Å². The Bertz CT molecular complexity index is 757. The Morgan fingerprint density at radius 1 is 1.14 bits per heavy atom. The molecule has 0 N–H and O–H groups in total. The summed E-state index contributed by atoms with van der Waals surface area (Å²) in [7, 11) is -3.43. The van der Waals surface area contributed by atoms with Gasteiger partial charge in [0.05, 0.1) is 5.56 Å². The van der Waals surface area contributed by atoms with E-state index in [0.29, 0.717) is 36.0 Å². The van der Waals surface area contributed by atoms with Crippen LogP contribution in [0.1, 0.15) is 15.2 Å². The normalized spacial score (nSPS) is 16.9. The molecule has 0 spiro atoms. The molecule has 1 saturated heterocycles. The van der Waals surface area contributed by atoms with Gasteiger partial charge in [-0.15, -0.1) is 11.3 Å². The molecule has 1 amide bonds. The number of hydrogen-bond donors (Lipinski definition) is 0. The fourth-order valence-corrected chi connectivity index (χ4v) is 5.87. The van der Waals surface area contributed by atoms with Crippen molar-refractivity contribution < 1.29 is 13.2 Å². The van der Waals surface area contributed by atoms with Gasteiger partial charge in [-0.2, -0.15) is 15.6 Å². The number of nitrogens with zero attached hydrogens (tertiary/aromatic N) is 2. The molecule has 0 radical (unpaired) electrons. The molecule has 118 valence electrons. The molecule has 22 heavy (non-hydrogen) atoms. The summed E-state index contributed by atoms with van der Waals surface area (Å²) in [6, 6.07) is 5.26. The Morgan fingerprint density at radius 2 is 1.86 bits per heavy atom. The third-order valence-corrected chi connectivity index (χ3v) is 7.65. The molecule has 2 aromatic rings. The van der Waals surface area contributed by atoms with Gasteiger partial charge >= 0.3 is 0 Å². The highest BCUT2D eigenvalue weighted by Gasteiger charge is 2.31. The SMILES string of the molecule is Cc1ccc(S(=O)(=O)N2CCN(C(=O)c3ccsc3)CC2)s1. The fourth-order valence-electron chi connectivity index (χ4n) is 2.38. The number of carbonyl (C=O) groups is 1. The summed E-state index contributed by atoms with van der Waals surface area (Å²) in [6.07, 6.45) is 0. The summed E-state index contributed by atoms with van der Waals surface area (Å²) in [5.41, 5.74) is 0.676. The van der Waals surface area contributed by atoms with E-state index < -0.39 is 10.0 Å². The Balaban J connectivity index is 1.68. The van der Waals surface area contributed by atoms with Crippen LogP contribution in [0.25, 0.3) is 0 Å². The standard InChI is InChI=1S/C14H16N2O3S3/c1-11-2-3-13(21-11)22(18,19)16-7-5-15(6-8-16)14(17)12-4-9-20-10-12/h2-4,9-10H,5-8H2,1H3. The zero-order chi connectivity index (χ0) is 15.7. The molecule has 3 heterocycles. The molecule has 5 nitrogen and oxygen atoms in total. The zero-order valence-electron chi connectivity index (χ0n) is 12.1. The van der Waals surface area contributed by atoms with Crippen molar-refractivity contribution in [2.45, 2.75) is 11.1 Å². The summed E-state index contributed by atoms with van der Waals surface area (Å²) in [6.45, 7) is 3.43. The molecule has 1 aliphatic heterocycles. The average Bonchev–Trinajstić information content (AvgIpc) is 3.18. The van der Waals surface area contributed by atoms with E-state index >= 15 is 0 Å². The lowest BCUT2D eigenvalue weighted by atomic mass is 10.2. The lowest BCUT2D eigenvalue weighted by molar-refractivity contribution is 0.0698. The van der Waals surface area contributed by atoms with Crippen LogP contribution in [0, 0.1) is 6.92 Å². The second kappa shape index (κ2) is 6.11. The Hall–Kier alpha value is -1.22. The largest absolute Gasteiger partial charge is 0.336 e. The predicted octanol–water partition coefficient (Wildman–Crippen LogP) is 2.26. The minimum absolute atomic E-state index is 0.0229. The van der Waals surface area contributed by atoms with Gasteiger partial charge in [-0.05, 0) is 30.5 Å². The minimum atomic E-state index is -3.43. The maximum atomic E-state index is 12.5. The van der Waals surface area contributed by atoms with Crippen molar-refractivity contribution in [3.8, 4) is 0 Å². The molecule has 1 aliphatic rings. The van der Waals surface area contributed by atoms with Gasteiger partial charge in [-0.25, -0.2) is 8.42 Å². The van der Waals surface area contributed by atoms with E-state index in [9.17, 15) is 13.2 Å². The van der Waals surface area contributed by atoms with Crippen LogP contribution in [0.5, 0.6) is 0 Å². The van der Waals surface area contributed by atoms with Crippen LogP contribution < -0.4 is 0 Å². The van der Waals surface area contributed by atoms with Crippen LogP contribution >= 0.6 is 22.7 Å². The second-order valence-electron chi connectivity index (χ2n) is 5.07. The third-order valence-electron chi connectivity index (χ3n) is 3.60. The van der Waals surface area contributed by atoms with Crippen LogP contribution in [-0.4, -0.2) is 49.7 Å². The number of carbonyl (C=O) groups excluding carboxylic acids is 1. The summed E-state index contributed by atoms with van der Waals surface area (Å²) in [5.74, 6) is -0.0229. The first-order chi connectivity index (χ1) is 10.5. The third kappa shape index (κ3) is 2.96. The van der Waals surface area contributed by atoms with Crippen molar-refractivity contribution in [3.05, 3.63) is 39.4 Å². The first kappa shape index (κ1) is 15.7. The summed E-state index contributed by atoms with van der Waals surface area (Å²) < 4.78 is 26.9. The van der Waals surface area contributed by atoms with Crippen molar-refractivity contribution in [3.63, 3.8) is 0 Å². The number of amides is 1. The molecule has 1 fully saturated rings. The van der Waals surface area contributed by atoms with Gasteiger partial charge in [0.1, 0.15) is 4.21 Å². The number of hydrogen-bond acceptors (Lipinski definition) is 5. The quantitative estimate of drug-likeness (QED) is 0.848. The monoisotopic (exact) mass is 356 g/mol. The summed E-state index contributed by atoms with van der Waals surface area (Å²) in [5, 5.41) is 3.69. The van der Waals surface area contributed by atoms with Gasteiger partial charge < -0.3 is 4.90 Å². The van der Waals surface area contributed by atoms with E-state index in [4.69, 9.17) is 0 Å². The van der Waals surface area contributed by atoms with E-state index in [-0.39, 0.29) is 5.91 Å². The van der Waals surface area contributed by atoms with Gasteiger partial charge in [-0.3, -0.25) is 4.79 Å². The Kier molecular flexibility index (Phi) is 4.35. The molecule has 0 unspecified atom stereocenters. The van der Waals surface area contributed by atoms with Crippen LogP contribution in [0.15, 0.2) is 33.2 Å². The van der Waals surface area contributed by atoms with E-state index in [1.165, 1.54) is 27.0 Å². The van der Waals surface area contributed by atoms with Crippen LogP contribution in [0.3, 0.4) is 0 Å². The number of rotatable bonds is 3. The zero-order valence-corrected chi connectivity index (χ0v) is 14.5. The predicted molar refractivity (Wildman–Crippen MR) is 88.0 cm³/mol. The lowest BCUT2D eigenvalue weighted by Crippen LogP contribution is -2.50. The van der Waals surface area contributed by atoms with Crippen molar-refractivity contribution in [2.24, 2.45) is 0 Å². The van der Waals surface area contributed by atoms with Gasteiger partial charge in [-0.1, -0.05) is 0 Å². The maximum Gasteiger partial charge on any atom is 0.254 e. The molecule has 2 aromatic heterocycles. The Morgan fingerprint density at radius 3 is 2.41 bits per heavy atom. The molecule has 8 heteroatoms. The van der Waals surface area contributed by atoms with E-state index in [0.717, 1.165) is 4.88 Å². The Labute approximate surface area is 137 Å². The van der Waals surface area contributed by atoms with Crippen molar-refractivity contribution in [1.82, 2.24) is 9.21 Å². The summed E-state index contributed by atoms with van der Waals surface area (Å²) >= 11 is 2.77. The summed E-state index contributed by atoms with van der Waals surface area (Å²) in [4.78, 5) is 14.9. The van der Waals surface area contributed by atoms with E-state index in [1.54, 1.807) is 17.0 Å². The minimum Gasteiger partial charge on any atom is -0.336 e. The van der Waals surface area contributed by atoms with Crippen molar-refractivity contribution >= 4 is 38.6 Å². The highest BCUT2D eigenvalue weighted by molar-refractivity contribution is 7.91. The molecule has 3 rings (SSSR count). The van der Waals surface area contributed by atoms with Gasteiger partial charge in [0.15, 0.2) is 0 Å². The molecule has 0 bridgehead atoms. The molecule has 0 aliphatic carbocycles. The number of piperazine rings is 1. The smallest absolute Gasteiger partial charge is 0.254 e. The number of aryl methyl sites for hydroxylation is 1. The van der Waals surface area contributed by atoms with Crippen molar-refractivity contribution in [1.29, 1.82) is 0 Å². The highest BCUT2D eigenvalue weighted by Crippen LogP contribution is 2.25. The van der Waals surface area contributed by atoms with E-state index in [2.05, 4.69) is 0 Å². The van der Waals surface area contributed by atoms with Crippen LogP contribution in [0.2, 0.25) is 0 Å². The van der Waals surface area contributed by atoms with Crippen LogP contribution in [0.4, 0.5) is 0 Å². The van der Waals surface area contributed by atoms with Gasteiger partial charge in [0, 0.05) is 36.4 Å². The maximum absolute atomic E-state index is 12.5. The molecular weight excluding hydrogens is 340 g/mol. The first-order valence-electron chi connectivity index (χ1n) is 6.86. The molecular formula is C14H16N2O3S3. The molecule has 0 atom stereocenters. The van der Waals surface area contributed by atoms with Gasteiger partial charge in [0.2, 0.25) is 0 Å².